The molecule has 1 saturated heterocycles. The van der Waals surface area contributed by atoms with Crippen molar-refractivity contribution in [1.29, 1.82) is 0 Å². The van der Waals surface area contributed by atoms with E-state index in [0.717, 1.165) is 36.5 Å². The van der Waals surface area contributed by atoms with E-state index >= 15 is 0 Å². The van der Waals surface area contributed by atoms with Crippen LogP contribution in [0.4, 0.5) is 5.69 Å². The lowest BCUT2D eigenvalue weighted by Gasteiger charge is -2.38. The zero-order valence-corrected chi connectivity index (χ0v) is 13.5. The predicted molar refractivity (Wildman–Crippen MR) is 87.7 cm³/mol. The number of amides is 1. The molecule has 2 rings (SSSR count). The van der Waals surface area contributed by atoms with E-state index in [1.807, 2.05) is 18.2 Å². The van der Waals surface area contributed by atoms with Crippen LogP contribution in [0.2, 0.25) is 0 Å². The van der Waals surface area contributed by atoms with E-state index < -0.39 is 0 Å². The Balaban J connectivity index is 2.03. The summed E-state index contributed by atoms with van der Waals surface area (Å²) in [7, 11) is 0. The van der Waals surface area contributed by atoms with Crippen LogP contribution in [0.3, 0.4) is 0 Å². The van der Waals surface area contributed by atoms with E-state index in [1.54, 1.807) is 0 Å². The maximum absolute atomic E-state index is 11.0. The second kappa shape index (κ2) is 7.18. The maximum Gasteiger partial charge on any atom is 0.227 e. The number of carbonyl (C=O) groups excluding carboxylic acids is 1. The highest BCUT2D eigenvalue weighted by Gasteiger charge is 2.31. The summed E-state index contributed by atoms with van der Waals surface area (Å²) >= 11 is 1.48. The second-order valence-electron chi connectivity index (χ2n) is 5.74. The van der Waals surface area contributed by atoms with Gasteiger partial charge in [-0.2, -0.15) is 0 Å². The molecule has 116 valence electrons. The van der Waals surface area contributed by atoms with E-state index in [9.17, 15) is 4.79 Å². The molecule has 4 nitrogen and oxygen atoms in total. The number of nitrogens with two attached hydrogens (primary N) is 1. The molecular weight excluding hydrogens is 284 g/mol. The number of hydrogen-bond donors (Lipinski definition) is 2. The fraction of sp³-hybridized carbons (Fsp3) is 0.562. The van der Waals surface area contributed by atoms with E-state index in [1.165, 1.54) is 11.8 Å². The number of ether oxygens (including phenoxy) is 1. The molecule has 1 aromatic carbocycles. The van der Waals surface area contributed by atoms with E-state index in [0.29, 0.717) is 11.8 Å². The number of carbonyl (C=O) groups is 1. The summed E-state index contributed by atoms with van der Waals surface area (Å²) in [4.78, 5) is 12.0. The average Bonchev–Trinajstić information content (AvgIpc) is 2.46. The molecule has 1 aromatic rings. The van der Waals surface area contributed by atoms with Gasteiger partial charge in [-0.3, -0.25) is 4.79 Å². The molecule has 1 aliphatic rings. The van der Waals surface area contributed by atoms with Gasteiger partial charge in [0.05, 0.1) is 11.4 Å². The molecular formula is C16H24N2O2S. The highest BCUT2D eigenvalue weighted by molar-refractivity contribution is 8.00. The fourth-order valence-corrected chi connectivity index (χ4v) is 3.33. The number of benzene rings is 1. The zero-order valence-electron chi connectivity index (χ0n) is 12.7. The third-order valence-electron chi connectivity index (χ3n) is 3.96. The molecule has 2 unspecified atom stereocenters. The van der Waals surface area contributed by atoms with Crippen LogP contribution in [0.15, 0.2) is 29.2 Å². The van der Waals surface area contributed by atoms with Gasteiger partial charge in [-0.25, -0.2) is 0 Å². The molecule has 5 heteroatoms. The first-order valence-corrected chi connectivity index (χ1v) is 8.41. The molecule has 1 heterocycles. The van der Waals surface area contributed by atoms with Crippen molar-refractivity contribution in [2.45, 2.75) is 49.6 Å². The first kappa shape index (κ1) is 16.2. The van der Waals surface area contributed by atoms with Crippen LogP contribution in [-0.2, 0) is 9.53 Å². The summed E-state index contributed by atoms with van der Waals surface area (Å²) < 4.78 is 5.89. The molecule has 0 spiro atoms. The molecule has 0 aliphatic carbocycles. The van der Waals surface area contributed by atoms with Crippen molar-refractivity contribution < 1.29 is 9.53 Å². The summed E-state index contributed by atoms with van der Waals surface area (Å²) in [5.41, 5.74) is 6.27. The molecule has 0 aromatic heterocycles. The quantitative estimate of drug-likeness (QED) is 0.793. The zero-order chi connectivity index (χ0) is 15.3. The minimum absolute atomic E-state index is 0.0365. The van der Waals surface area contributed by atoms with Crippen LogP contribution >= 0.6 is 11.8 Å². The molecule has 1 aliphatic heterocycles. The van der Waals surface area contributed by atoms with Gasteiger partial charge in [-0.15, -0.1) is 11.8 Å². The van der Waals surface area contributed by atoms with E-state index in [-0.39, 0.29) is 11.5 Å². The first-order chi connectivity index (χ1) is 10.0. The van der Waals surface area contributed by atoms with Gasteiger partial charge in [0.15, 0.2) is 0 Å². The Kier molecular flexibility index (Phi) is 5.53. The minimum Gasteiger partial charge on any atom is -0.381 e. The lowest BCUT2D eigenvalue weighted by Crippen LogP contribution is -2.41. The highest BCUT2D eigenvalue weighted by Crippen LogP contribution is 2.32. The smallest absolute Gasteiger partial charge is 0.227 e. The van der Waals surface area contributed by atoms with Gasteiger partial charge in [-0.05, 0) is 38.3 Å². The number of nitrogens with one attached hydrogen (secondary N) is 1. The van der Waals surface area contributed by atoms with Gasteiger partial charge in [0, 0.05) is 23.2 Å². The van der Waals surface area contributed by atoms with Gasteiger partial charge in [0.2, 0.25) is 5.91 Å². The van der Waals surface area contributed by atoms with Crippen LogP contribution in [0.25, 0.3) is 0 Å². The fourth-order valence-electron chi connectivity index (χ4n) is 2.58. The maximum atomic E-state index is 11.0. The summed E-state index contributed by atoms with van der Waals surface area (Å²) in [6.45, 7) is 5.13. The van der Waals surface area contributed by atoms with Gasteiger partial charge in [0.25, 0.3) is 0 Å². The van der Waals surface area contributed by atoms with Crippen molar-refractivity contribution in [3.8, 4) is 0 Å². The summed E-state index contributed by atoms with van der Waals surface area (Å²) in [5, 5.41) is 3.61. The van der Waals surface area contributed by atoms with Gasteiger partial charge < -0.3 is 15.8 Å². The monoisotopic (exact) mass is 308 g/mol. The van der Waals surface area contributed by atoms with Crippen LogP contribution < -0.4 is 11.1 Å². The molecule has 0 radical (unpaired) electrons. The van der Waals surface area contributed by atoms with Gasteiger partial charge >= 0.3 is 0 Å². The third kappa shape index (κ3) is 4.64. The number of thioether (sulfide) groups is 1. The van der Waals surface area contributed by atoms with Crippen molar-refractivity contribution in [1.82, 2.24) is 0 Å². The SMILES string of the molecule is CCC1(C)CC(Nc2ccccc2SCC(N)=O)CCO1. The summed E-state index contributed by atoms with van der Waals surface area (Å²) in [5.74, 6) is 0.0125. The summed E-state index contributed by atoms with van der Waals surface area (Å²) in [6, 6.07) is 8.47. The van der Waals surface area contributed by atoms with E-state index in [4.69, 9.17) is 10.5 Å². The Morgan fingerprint density at radius 1 is 1.52 bits per heavy atom. The molecule has 1 amide bonds. The van der Waals surface area contributed by atoms with Crippen LogP contribution in [0.5, 0.6) is 0 Å². The predicted octanol–water partition coefficient (Wildman–Crippen LogP) is 3.02. The third-order valence-corrected chi connectivity index (χ3v) is 5.06. The number of hydrogen-bond acceptors (Lipinski definition) is 4. The number of para-hydroxylation sites is 1. The standard InChI is InChI=1S/C16H24N2O2S/c1-3-16(2)10-12(8-9-20-16)18-13-6-4-5-7-14(13)21-11-15(17)19/h4-7,12,18H,3,8-11H2,1-2H3,(H2,17,19). The minimum atomic E-state index is -0.292. The van der Waals surface area contributed by atoms with Crippen molar-refractivity contribution in [3.05, 3.63) is 24.3 Å². The number of rotatable bonds is 6. The second-order valence-corrected chi connectivity index (χ2v) is 6.75. The van der Waals surface area contributed by atoms with Crippen molar-refractivity contribution in [2.75, 3.05) is 17.7 Å². The average molecular weight is 308 g/mol. The van der Waals surface area contributed by atoms with Gasteiger partial charge in [-0.1, -0.05) is 19.1 Å². The van der Waals surface area contributed by atoms with Gasteiger partial charge in [0.1, 0.15) is 0 Å². The Morgan fingerprint density at radius 3 is 3.00 bits per heavy atom. The Bertz CT molecular complexity index is 495. The first-order valence-electron chi connectivity index (χ1n) is 7.43. The van der Waals surface area contributed by atoms with Crippen LogP contribution in [0, 0.1) is 0 Å². The van der Waals surface area contributed by atoms with E-state index in [2.05, 4.69) is 25.2 Å². The lowest BCUT2D eigenvalue weighted by atomic mass is 9.90. The number of anilines is 1. The highest BCUT2D eigenvalue weighted by atomic mass is 32.2. The summed E-state index contributed by atoms with van der Waals surface area (Å²) in [6.07, 6.45) is 3.02. The molecule has 2 atom stereocenters. The Labute approximate surface area is 130 Å². The Morgan fingerprint density at radius 2 is 2.29 bits per heavy atom. The topological polar surface area (TPSA) is 64.3 Å². The lowest BCUT2D eigenvalue weighted by molar-refractivity contribution is -0.115. The molecule has 3 N–H and O–H groups in total. The number of primary amides is 1. The molecule has 0 saturated carbocycles. The molecule has 21 heavy (non-hydrogen) atoms. The van der Waals surface area contributed by atoms with Crippen molar-refractivity contribution in [2.24, 2.45) is 5.73 Å². The molecule has 0 bridgehead atoms. The largest absolute Gasteiger partial charge is 0.381 e. The molecule has 1 fully saturated rings. The van der Waals surface area contributed by atoms with Crippen molar-refractivity contribution >= 4 is 23.4 Å². The van der Waals surface area contributed by atoms with Crippen LogP contribution in [-0.4, -0.2) is 29.9 Å². The normalized spacial score (nSPS) is 25.5. The van der Waals surface area contributed by atoms with Crippen molar-refractivity contribution in [3.63, 3.8) is 0 Å². The Hall–Kier alpha value is -1.20. The van der Waals surface area contributed by atoms with Crippen LogP contribution in [0.1, 0.15) is 33.1 Å².